The van der Waals surface area contributed by atoms with Gasteiger partial charge in [0, 0.05) is 6.54 Å². The smallest absolute Gasteiger partial charge is 0.316 e. The molecule has 0 aliphatic carbocycles. The van der Waals surface area contributed by atoms with Gasteiger partial charge in [-0.25, -0.2) is 0 Å². The molecule has 1 rings (SSSR count). The van der Waals surface area contributed by atoms with Crippen LogP contribution in [0.25, 0.3) is 0 Å². The van der Waals surface area contributed by atoms with Crippen LogP contribution in [0, 0.1) is 22.7 Å². The summed E-state index contributed by atoms with van der Waals surface area (Å²) in [6.07, 6.45) is -0.669. The Hall–Kier alpha value is -1.61. The van der Waals surface area contributed by atoms with E-state index in [4.69, 9.17) is 10.00 Å². The van der Waals surface area contributed by atoms with Gasteiger partial charge in [-0.2, -0.15) is 5.26 Å². The van der Waals surface area contributed by atoms with Crippen LogP contribution in [0.5, 0.6) is 0 Å². The summed E-state index contributed by atoms with van der Waals surface area (Å²) in [4.78, 5) is 24.9. The molecule has 0 aromatic heterocycles. The molecule has 1 amide bonds. The maximum absolute atomic E-state index is 12.2. The van der Waals surface area contributed by atoms with Gasteiger partial charge in [-0.05, 0) is 5.41 Å². The summed E-state index contributed by atoms with van der Waals surface area (Å²) in [5.74, 6) is -2.68. The van der Waals surface area contributed by atoms with Crippen LogP contribution in [-0.4, -0.2) is 47.7 Å². The van der Waals surface area contributed by atoms with Gasteiger partial charge >= 0.3 is 5.97 Å². The Morgan fingerprint density at radius 1 is 1.50 bits per heavy atom. The van der Waals surface area contributed by atoms with Crippen molar-refractivity contribution in [2.45, 2.75) is 26.9 Å². The summed E-state index contributed by atoms with van der Waals surface area (Å²) in [5.41, 5.74) is -0.663. The van der Waals surface area contributed by atoms with E-state index in [0.29, 0.717) is 6.54 Å². The number of nitriles is 1. The lowest BCUT2D eigenvalue weighted by molar-refractivity contribution is -0.159. The number of carbonyl (C=O) groups is 2. The fourth-order valence-electron chi connectivity index (χ4n) is 1.96. The zero-order valence-electron chi connectivity index (χ0n) is 10.8. The predicted octanol–water partition coefficient (Wildman–Crippen LogP) is 0.484. The van der Waals surface area contributed by atoms with Crippen molar-refractivity contribution >= 4 is 11.9 Å². The second kappa shape index (κ2) is 5.36. The molecule has 1 fully saturated rings. The number of hydrogen-bond donors (Lipinski definition) is 1. The molecular formula is C12H18N2O4. The first kappa shape index (κ1) is 14.5. The highest BCUT2D eigenvalue weighted by molar-refractivity contribution is 5.97. The van der Waals surface area contributed by atoms with Gasteiger partial charge in [0.1, 0.15) is 5.92 Å². The van der Waals surface area contributed by atoms with E-state index < -0.39 is 29.3 Å². The van der Waals surface area contributed by atoms with Gasteiger partial charge in [0.25, 0.3) is 0 Å². The van der Waals surface area contributed by atoms with Gasteiger partial charge < -0.3 is 14.7 Å². The van der Waals surface area contributed by atoms with Gasteiger partial charge in [-0.1, -0.05) is 20.8 Å². The van der Waals surface area contributed by atoms with E-state index in [1.165, 1.54) is 4.90 Å². The normalized spacial score (nSPS) is 22.1. The Balaban J connectivity index is 2.84. The fraction of sp³-hybridized carbons (Fsp3) is 0.750. The second-order valence-electron chi connectivity index (χ2n) is 5.41. The maximum atomic E-state index is 12.2. The molecule has 2 unspecified atom stereocenters. The van der Waals surface area contributed by atoms with E-state index in [-0.39, 0.29) is 13.2 Å². The van der Waals surface area contributed by atoms with Crippen LogP contribution < -0.4 is 0 Å². The molecule has 100 valence electrons. The molecule has 0 aromatic carbocycles. The van der Waals surface area contributed by atoms with E-state index >= 15 is 0 Å². The summed E-state index contributed by atoms with van der Waals surface area (Å²) >= 11 is 0. The predicted molar refractivity (Wildman–Crippen MR) is 62.5 cm³/mol. The Morgan fingerprint density at radius 3 is 2.56 bits per heavy atom. The van der Waals surface area contributed by atoms with Crippen molar-refractivity contribution in [2.24, 2.45) is 11.3 Å². The Labute approximate surface area is 106 Å². The van der Waals surface area contributed by atoms with Crippen LogP contribution in [0.3, 0.4) is 0 Å². The van der Waals surface area contributed by atoms with E-state index in [9.17, 15) is 14.7 Å². The molecule has 0 bridgehead atoms. The quantitative estimate of drug-likeness (QED) is 0.724. The van der Waals surface area contributed by atoms with Crippen LogP contribution in [0.15, 0.2) is 0 Å². The summed E-state index contributed by atoms with van der Waals surface area (Å²) in [7, 11) is 0. The van der Waals surface area contributed by atoms with E-state index in [0.717, 1.165) is 0 Å². The van der Waals surface area contributed by atoms with Crippen molar-refractivity contribution in [3.63, 3.8) is 0 Å². The number of aliphatic carboxylic acids is 1. The van der Waals surface area contributed by atoms with Crippen molar-refractivity contribution in [1.29, 1.82) is 5.26 Å². The summed E-state index contributed by atoms with van der Waals surface area (Å²) in [6.45, 7) is 5.87. The maximum Gasteiger partial charge on any atom is 0.316 e. The molecule has 6 heteroatoms. The monoisotopic (exact) mass is 254 g/mol. The number of hydrogen-bond acceptors (Lipinski definition) is 4. The van der Waals surface area contributed by atoms with Crippen LogP contribution in [0.4, 0.5) is 0 Å². The van der Waals surface area contributed by atoms with Gasteiger partial charge in [-0.15, -0.1) is 0 Å². The third-order valence-corrected chi connectivity index (χ3v) is 2.88. The number of carboxylic acids is 1. The summed E-state index contributed by atoms with van der Waals surface area (Å²) in [5, 5.41) is 18.0. The Bertz CT molecular complexity index is 381. The van der Waals surface area contributed by atoms with Crippen LogP contribution in [-0.2, 0) is 14.3 Å². The molecule has 1 saturated heterocycles. The van der Waals surface area contributed by atoms with E-state index in [1.807, 2.05) is 6.07 Å². The first-order chi connectivity index (χ1) is 8.27. The minimum atomic E-state index is -1.13. The first-order valence-corrected chi connectivity index (χ1v) is 5.80. The van der Waals surface area contributed by atoms with Crippen molar-refractivity contribution in [2.75, 3.05) is 19.7 Å². The fourth-order valence-corrected chi connectivity index (χ4v) is 1.96. The SMILES string of the molecule is CC(C)(C)C(C(=O)O)C(=O)N1CCOC(C#N)C1. The molecule has 6 nitrogen and oxygen atoms in total. The van der Waals surface area contributed by atoms with Gasteiger partial charge in [0.2, 0.25) is 5.91 Å². The summed E-state index contributed by atoms with van der Waals surface area (Å²) in [6, 6.07) is 1.93. The molecule has 0 spiro atoms. The first-order valence-electron chi connectivity index (χ1n) is 5.80. The zero-order chi connectivity index (χ0) is 13.9. The van der Waals surface area contributed by atoms with Crippen LogP contribution in [0.1, 0.15) is 20.8 Å². The number of nitrogens with zero attached hydrogens (tertiary/aromatic N) is 2. The lowest BCUT2D eigenvalue weighted by atomic mass is 9.79. The Morgan fingerprint density at radius 2 is 2.11 bits per heavy atom. The van der Waals surface area contributed by atoms with Crippen molar-refractivity contribution in [3.05, 3.63) is 0 Å². The molecule has 1 heterocycles. The third kappa shape index (κ3) is 3.20. The van der Waals surface area contributed by atoms with Gasteiger partial charge in [0.05, 0.1) is 19.2 Å². The van der Waals surface area contributed by atoms with Crippen molar-refractivity contribution in [3.8, 4) is 6.07 Å². The largest absolute Gasteiger partial charge is 0.481 e. The van der Waals surface area contributed by atoms with Crippen LogP contribution in [0.2, 0.25) is 0 Å². The number of ether oxygens (including phenoxy) is 1. The van der Waals surface area contributed by atoms with Gasteiger partial charge in [-0.3, -0.25) is 9.59 Å². The number of carbonyl (C=O) groups excluding carboxylic acids is 1. The molecule has 0 radical (unpaired) electrons. The minimum absolute atomic E-state index is 0.134. The number of morpholine rings is 1. The highest BCUT2D eigenvalue weighted by atomic mass is 16.5. The van der Waals surface area contributed by atoms with Crippen molar-refractivity contribution < 1.29 is 19.4 Å². The second-order valence-corrected chi connectivity index (χ2v) is 5.41. The van der Waals surface area contributed by atoms with Gasteiger partial charge in [0.15, 0.2) is 6.10 Å². The average molecular weight is 254 g/mol. The van der Waals surface area contributed by atoms with E-state index in [2.05, 4.69) is 0 Å². The average Bonchev–Trinajstić information content (AvgIpc) is 2.26. The molecule has 1 N–H and O–H groups in total. The molecule has 1 aliphatic heterocycles. The van der Waals surface area contributed by atoms with E-state index in [1.54, 1.807) is 20.8 Å². The zero-order valence-corrected chi connectivity index (χ0v) is 10.8. The molecule has 18 heavy (non-hydrogen) atoms. The number of amides is 1. The third-order valence-electron chi connectivity index (χ3n) is 2.88. The molecule has 2 atom stereocenters. The Kier molecular flexibility index (Phi) is 4.30. The number of carboxylic acid groups (broad SMARTS) is 1. The minimum Gasteiger partial charge on any atom is -0.481 e. The molecular weight excluding hydrogens is 236 g/mol. The molecule has 0 saturated carbocycles. The van der Waals surface area contributed by atoms with Crippen LogP contribution >= 0.6 is 0 Å². The summed E-state index contributed by atoms with van der Waals surface area (Å²) < 4.78 is 5.13. The van der Waals surface area contributed by atoms with Crippen molar-refractivity contribution in [1.82, 2.24) is 4.90 Å². The molecule has 1 aliphatic rings. The lowest BCUT2D eigenvalue weighted by Crippen LogP contribution is -2.51. The standard InChI is InChI=1S/C12H18N2O4/c1-12(2,3)9(11(16)17)10(15)14-4-5-18-8(6-13)7-14/h8-9H,4-5,7H2,1-3H3,(H,16,17). The highest BCUT2D eigenvalue weighted by Gasteiger charge is 2.41. The lowest BCUT2D eigenvalue weighted by Gasteiger charge is -2.35. The topological polar surface area (TPSA) is 90.6 Å². The highest BCUT2D eigenvalue weighted by Crippen LogP contribution is 2.28. The molecule has 0 aromatic rings. The number of rotatable bonds is 2.